The average Bonchev–Trinajstić information content (AvgIpc) is 2.45. The Morgan fingerprint density at radius 1 is 1.33 bits per heavy atom. The lowest BCUT2D eigenvalue weighted by Gasteiger charge is -2.30. The molecule has 2 N–H and O–H groups in total. The van der Waals surface area contributed by atoms with Crippen molar-refractivity contribution in [3.63, 3.8) is 0 Å². The minimum atomic E-state index is -3.22. The van der Waals surface area contributed by atoms with E-state index in [9.17, 15) is 18.0 Å². The molecule has 0 spiro atoms. The van der Waals surface area contributed by atoms with Crippen molar-refractivity contribution in [3.8, 4) is 0 Å². The number of piperidine rings is 1. The third-order valence-corrected chi connectivity index (χ3v) is 5.66. The smallest absolute Gasteiger partial charge is 0.325 e. The Morgan fingerprint density at radius 3 is 2.38 bits per heavy atom. The molecule has 0 unspecified atom stereocenters. The second kappa shape index (κ2) is 7.74. The Balaban J connectivity index is 2.48. The number of unbranched alkanes of at least 4 members (excludes halogenated alkanes) is 1. The Kier molecular flexibility index (Phi) is 6.60. The van der Waals surface area contributed by atoms with Crippen molar-refractivity contribution < 1.29 is 23.1 Å². The molecule has 1 saturated heterocycles. The van der Waals surface area contributed by atoms with Crippen molar-refractivity contribution in [2.24, 2.45) is 5.92 Å². The minimum Gasteiger partial charge on any atom is -0.480 e. The molecule has 0 aliphatic carbocycles. The van der Waals surface area contributed by atoms with Gasteiger partial charge < -0.3 is 10.4 Å². The van der Waals surface area contributed by atoms with E-state index < -0.39 is 22.0 Å². The second-order valence-electron chi connectivity index (χ2n) is 5.41. The molecule has 0 aromatic rings. The molecule has 1 aliphatic rings. The maximum Gasteiger partial charge on any atom is 0.325 e. The highest BCUT2D eigenvalue weighted by Crippen LogP contribution is 2.20. The highest BCUT2D eigenvalue weighted by molar-refractivity contribution is 7.89. The Morgan fingerprint density at radius 2 is 1.90 bits per heavy atom. The van der Waals surface area contributed by atoms with Crippen LogP contribution in [0, 0.1) is 5.92 Å². The summed E-state index contributed by atoms with van der Waals surface area (Å²) in [6, 6.07) is -0.927. The van der Waals surface area contributed by atoms with E-state index >= 15 is 0 Å². The third kappa shape index (κ3) is 5.28. The van der Waals surface area contributed by atoms with Gasteiger partial charge in [0, 0.05) is 19.0 Å². The van der Waals surface area contributed by atoms with E-state index in [2.05, 4.69) is 5.32 Å². The zero-order chi connectivity index (χ0) is 16.0. The maximum absolute atomic E-state index is 12.0. The van der Waals surface area contributed by atoms with Gasteiger partial charge in [-0.1, -0.05) is 13.3 Å². The number of hydrogen-bond donors (Lipinski definition) is 2. The molecule has 21 heavy (non-hydrogen) atoms. The second-order valence-corrected chi connectivity index (χ2v) is 7.50. The lowest BCUT2D eigenvalue weighted by molar-refractivity contribution is -0.142. The molecular formula is C13H24N2O5S. The molecule has 0 bridgehead atoms. The fourth-order valence-corrected chi connectivity index (χ4v) is 3.92. The molecule has 1 rings (SSSR count). The van der Waals surface area contributed by atoms with Crippen LogP contribution in [0.15, 0.2) is 0 Å². The van der Waals surface area contributed by atoms with Crippen LogP contribution in [0.3, 0.4) is 0 Å². The van der Waals surface area contributed by atoms with Gasteiger partial charge in [0.2, 0.25) is 15.9 Å². The van der Waals surface area contributed by atoms with E-state index in [1.807, 2.05) is 6.92 Å². The van der Waals surface area contributed by atoms with Crippen LogP contribution < -0.4 is 5.32 Å². The maximum atomic E-state index is 12.0. The van der Waals surface area contributed by atoms with E-state index in [1.54, 1.807) is 0 Å². The van der Waals surface area contributed by atoms with Crippen molar-refractivity contribution in [1.82, 2.24) is 9.62 Å². The highest BCUT2D eigenvalue weighted by Gasteiger charge is 2.31. The monoisotopic (exact) mass is 320 g/mol. The van der Waals surface area contributed by atoms with Gasteiger partial charge in [-0.3, -0.25) is 9.59 Å². The van der Waals surface area contributed by atoms with E-state index in [0.29, 0.717) is 32.4 Å². The summed E-state index contributed by atoms with van der Waals surface area (Å²) in [5.74, 6) is -1.56. The van der Waals surface area contributed by atoms with Crippen molar-refractivity contribution in [3.05, 3.63) is 0 Å². The van der Waals surface area contributed by atoms with Crippen molar-refractivity contribution in [1.29, 1.82) is 0 Å². The van der Waals surface area contributed by atoms with Crippen molar-refractivity contribution in [2.45, 2.75) is 45.6 Å². The first kappa shape index (κ1) is 17.9. The predicted molar refractivity (Wildman–Crippen MR) is 78.2 cm³/mol. The van der Waals surface area contributed by atoms with Crippen LogP contribution in [0.1, 0.15) is 39.5 Å². The van der Waals surface area contributed by atoms with Gasteiger partial charge in [0.05, 0.1) is 5.75 Å². The quantitative estimate of drug-likeness (QED) is 0.707. The molecule has 0 saturated carbocycles. The zero-order valence-electron chi connectivity index (χ0n) is 12.5. The van der Waals surface area contributed by atoms with E-state index in [0.717, 1.165) is 6.42 Å². The van der Waals surface area contributed by atoms with Gasteiger partial charge in [-0.25, -0.2) is 12.7 Å². The number of amides is 1. The number of hydrogen-bond acceptors (Lipinski definition) is 4. The van der Waals surface area contributed by atoms with Gasteiger partial charge in [0.1, 0.15) is 6.04 Å². The standard InChI is InChI=1S/C13H24N2O5S/c1-3-4-9-21(19,20)15-7-5-11(6-8-15)12(16)14-10(2)13(17)18/h10-11H,3-9H2,1-2H3,(H,14,16)(H,17,18)/t10-/m0/s1. The highest BCUT2D eigenvalue weighted by atomic mass is 32.2. The first-order valence-corrected chi connectivity index (χ1v) is 8.90. The van der Waals surface area contributed by atoms with E-state index in [1.165, 1.54) is 11.2 Å². The molecule has 1 fully saturated rings. The van der Waals surface area contributed by atoms with Gasteiger partial charge in [-0.15, -0.1) is 0 Å². The summed E-state index contributed by atoms with van der Waals surface area (Å²) >= 11 is 0. The van der Waals surface area contributed by atoms with Crippen molar-refractivity contribution >= 4 is 21.9 Å². The molecule has 7 nitrogen and oxygen atoms in total. The number of nitrogens with one attached hydrogen (secondary N) is 1. The van der Waals surface area contributed by atoms with E-state index in [4.69, 9.17) is 5.11 Å². The Hall–Kier alpha value is -1.15. The summed E-state index contributed by atoms with van der Waals surface area (Å²) in [6.07, 6.45) is 2.33. The molecule has 0 aromatic carbocycles. The topological polar surface area (TPSA) is 104 Å². The normalized spacial score (nSPS) is 19.1. The summed E-state index contributed by atoms with van der Waals surface area (Å²) in [7, 11) is -3.22. The van der Waals surface area contributed by atoms with Crippen molar-refractivity contribution in [2.75, 3.05) is 18.8 Å². The molecule has 1 atom stereocenters. The summed E-state index contributed by atoms with van der Waals surface area (Å²) in [5.41, 5.74) is 0. The number of carboxylic acid groups (broad SMARTS) is 1. The van der Waals surface area contributed by atoms with Crippen LogP contribution in [-0.2, 0) is 19.6 Å². The summed E-state index contributed by atoms with van der Waals surface area (Å²) in [4.78, 5) is 22.6. The Bertz CT molecular complexity index is 469. The van der Waals surface area contributed by atoms with Gasteiger partial charge in [-0.2, -0.15) is 0 Å². The zero-order valence-corrected chi connectivity index (χ0v) is 13.4. The summed E-state index contributed by atoms with van der Waals surface area (Å²) in [5, 5.41) is 11.2. The van der Waals surface area contributed by atoms with Crippen LogP contribution in [0.25, 0.3) is 0 Å². The average molecular weight is 320 g/mol. The first-order chi connectivity index (χ1) is 9.77. The van der Waals surface area contributed by atoms with Gasteiger partial charge in [-0.05, 0) is 26.2 Å². The van der Waals surface area contributed by atoms with E-state index in [-0.39, 0.29) is 17.6 Å². The largest absolute Gasteiger partial charge is 0.480 e. The molecule has 1 aliphatic heterocycles. The van der Waals surface area contributed by atoms with Crippen LogP contribution >= 0.6 is 0 Å². The number of carbonyl (C=O) groups excluding carboxylic acids is 1. The molecule has 122 valence electrons. The SMILES string of the molecule is CCCCS(=O)(=O)N1CCC(C(=O)N[C@@H](C)C(=O)O)CC1. The van der Waals surface area contributed by atoms with Crippen LogP contribution in [0.2, 0.25) is 0 Å². The van der Waals surface area contributed by atoms with Gasteiger partial charge in [0.25, 0.3) is 0 Å². The van der Waals surface area contributed by atoms with Gasteiger partial charge >= 0.3 is 5.97 Å². The molecule has 1 heterocycles. The summed E-state index contributed by atoms with van der Waals surface area (Å²) < 4.78 is 25.5. The predicted octanol–water partition coefficient (Wildman–Crippen LogP) is 0.418. The Labute approximate surface area is 125 Å². The van der Waals surface area contributed by atoms with Crippen LogP contribution in [0.5, 0.6) is 0 Å². The lowest BCUT2D eigenvalue weighted by Crippen LogP contribution is -2.46. The number of rotatable bonds is 7. The fourth-order valence-electron chi connectivity index (χ4n) is 2.24. The molecular weight excluding hydrogens is 296 g/mol. The van der Waals surface area contributed by atoms with Crippen LogP contribution in [-0.4, -0.2) is 54.6 Å². The third-order valence-electron chi connectivity index (χ3n) is 3.70. The number of aliphatic carboxylic acids is 1. The van der Waals surface area contributed by atoms with Crippen LogP contribution in [0.4, 0.5) is 0 Å². The minimum absolute atomic E-state index is 0.149. The van der Waals surface area contributed by atoms with Gasteiger partial charge in [0.15, 0.2) is 0 Å². The number of nitrogens with zero attached hydrogens (tertiary/aromatic N) is 1. The molecule has 0 aromatic heterocycles. The number of sulfonamides is 1. The summed E-state index contributed by atoms with van der Waals surface area (Å²) in [6.45, 7) is 4.00. The molecule has 0 radical (unpaired) electrons. The molecule has 8 heteroatoms. The number of carbonyl (C=O) groups is 2. The lowest BCUT2D eigenvalue weighted by atomic mass is 9.97. The fraction of sp³-hybridized carbons (Fsp3) is 0.846. The molecule has 1 amide bonds. The number of carboxylic acids is 1. The first-order valence-electron chi connectivity index (χ1n) is 7.29.